The van der Waals surface area contributed by atoms with Gasteiger partial charge >= 0.3 is 0 Å². The van der Waals surface area contributed by atoms with Gasteiger partial charge in [0.1, 0.15) is 0 Å². The zero-order chi connectivity index (χ0) is 13.5. The molecule has 0 bridgehead atoms. The maximum Gasteiger partial charge on any atom is 0.0333 e. The first-order valence-corrected chi connectivity index (χ1v) is 7.90. The van der Waals surface area contributed by atoms with Gasteiger partial charge < -0.3 is 0 Å². The van der Waals surface area contributed by atoms with E-state index in [1.165, 1.54) is 52.7 Å². The average molecular weight is 281 g/mol. The normalized spacial score (nSPS) is 20.1. The summed E-state index contributed by atoms with van der Waals surface area (Å²) in [5.41, 5.74) is 8.81. The van der Waals surface area contributed by atoms with Gasteiger partial charge in [-0.2, -0.15) is 0 Å². The molecule has 1 atom stereocenters. The van der Waals surface area contributed by atoms with E-state index < -0.39 is 0 Å². The largest absolute Gasteiger partial charge is 0.126 e. The molecule has 1 unspecified atom stereocenters. The second-order valence-corrected chi connectivity index (χ2v) is 6.01. The van der Waals surface area contributed by atoms with Crippen molar-refractivity contribution in [1.29, 1.82) is 0 Å². The second-order valence-electron chi connectivity index (χ2n) is 5.70. The first-order valence-electron chi connectivity index (χ1n) is 7.36. The van der Waals surface area contributed by atoms with E-state index >= 15 is 0 Å². The van der Waals surface area contributed by atoms with Gasteiger partial charge in [-0.15, -0.1) is 11.6 Å². The number of hydrogen-bond donors (Lipinski definition) is 0. The molecule has 2 aliphatic rings. The van der Waals surface area contributed by atoms with Crippen molar-refractivity contribution in [2.45, 2.75) is 25.2 Å². The lowest BCUT2D eigenvalue weighted by Gasteiger charge is -2.16. The molecule has 0 spiro atoms. The molecule has 0 heterocycles. The second kappa shape index (κ2) is 4.79. The zero-order valence-electron chi connectivity index (χ0n) is 11.4. The highest BCUT2D eigenvalue weighted by atomic mass is 35.5. The van der Waals surface area contributed by atoms with Crippen molar-refractivity contribution >= 4 is 22.7 Å². The highest BCUT2D eigenvalue weighted by Crippen LogP contribution is 2.51. The van der Waals surface area contributed by atoms with Gasteiger partial charge in [-0.05, 0) is 52.7 Å². The molecular formula is C19H17Cl. The van der Waals surface area contributed by atoms with Gasteiger partial charge in [-0.3, -0.25) is 0 Å². The van der Waals surface area contributed by atoms with Crippen LogP contribution < -0.4 is 0 Å². The lowest BCUT2D eigenvalue weighted by molar-refractivity contribution is 0.859. The average Bonchev–Trinajstić information content (AvgIpc) is 2.69. The number of rotatable bonds is 1. The van der Waals surface area contributed by atoms with E-state index in [0.29, 0.717) is 11.8 Å². The summed E-state index contributed by atoms with van der Waals surface area (Å²) >= 11 is 6.34. The number of aryl methyl sites for hydroxylation is 1. The highest BCUT2D eigenvalue weighted by molar-refractivity contribution is 6.20. The summed E-state index contributed by atoms with van der Waals surface area (Å²) in [4.78, 5) is 0. The van der Waals surface area contributed by atoms with Crippen molar-refractivity contribution in [3.05, 3.63) is 70.8 Å². The maximum absolute atomic E-state index is 6.34. The Balaban J connectivity index is 1.99. The number of allylic oxidation sites excluding steroid dienone is 2. The molecule has 2 aliphatic carbocycles. The van der Waals surface area contributed by atoms with Crippen LogP contribution in [-0.2, 0) is 6.42 Å². The summed E-state index contributed by atoms with van der Waals surface area (Å²) in [5.74, 6) is 1.03. The van der Waals surface area contributed by atoms with Crippen LogP contribution in [0.25, 0.3) is 11.1 Å². The summed E-state index contributed by atoms with van der Waals surface area (Å²) in [5, 5.41) is 0. The topological polar surface area (TPSA) is 0 Å². The van der Waals surface area contributed by atoms with Gasteiger partial charge in [0.25, 0.3) is 0 Å². The van der Waals surface area contributed by atoms with Crippen LogP contribution in [0.3, 0.4) is 0 Å². The fraction of sp³-hybridized carbons (Fsp3) is 0.263. The zero-order valence-corrected chi connectivity index (χ0v) is 12.2. The molecule has 0 saturated carbocycles. The van der Waals surface area contributed by atoms with E-state index in [-0.39, 0.29) is 0 Å². The molecule has 0 aromatic heterocycles. The van der Waals surface area contributed by atoms with E-state index in [1.54, 1.807) is 0 Å². The molecule has 4 rings (SSSR count). The minimum Gasteiger partial charge on any atom is -0.126 e. The fourth-order valence-corrected chi connectivity index (χ4v) is 4.14. The minimum absolute atomic E-state index is 0.363. The Morgan fingerprint density at radius 2 is 1.65 bits per heavy atom. The first-order chi connectivity index (χ1) is 9.90. The van der Waals surface area contributed by atoms with Gasteiger partial charge in [-0.25, -0.2) is 0 Å². The summed E-state index contributed by atoms with van der Waals surface area (Å²) in [6.45, 7) is 0. The molecule has 0 fully saturated rings. The molecule has 0 saturated heterocycles. The third kappa shape index (κ3) is 1.68. The molecule has 0 amide bonds. The van der Waals surface area contributed by atoms with Crippen LogP contribution in [0.1, 0.15) is 41.0 Å². The van der Waals surface area contributed by atoms with Crippen molar-refractivity contribution in [2.75, 3.05) is 5.88 Å². The number of alkyl halides is 1. The molecule has 0 aliphatic heterocycles. The fourth-order valence-electron chi connectivity index (χ4n) is 3.82. The molecule has 2 aromatic rings. The van der Waals surface area contributed by atoms with Crippen LogP contribution in [0, 0.1) is 0 Å². The Morgan fingerprint density at radius 3 is 2.50 bits per heavy atom. The van der Waals surface area contributed by atoms with Crippen LogP contribution >= 0.6 is 11.6 Å². The quantitative estimate of drug-likeness (QED) is 0.624. The Morgan fingerprint density at radius 1 is 0.900 bits per heavy atom. The summed E-state index contributed by atoms with van der Waals surface area (Å²) in [6.07, 6.45) is 3.59. The minimum atomic E-state index is 0.363. The monoisotopic (exact) mass is 280 g/mol. The van der Waals surface area contributed by atoms with E-state index in [0.717, 1.165) is 0 Å². The van der Waals surface area contributed by atoms with Crippen LogP contribution in [0.4, 0.5) is 0 Å². The van der Waals surface area contributed by atoms with Crippen molar-refractivity contribution in [2.24, 2.45) is 0 Å². The van der Waals surface area contributed by atoms with E-state index in [4.69, 9.17) is 11.6 Å². The Kier molecular flexibility index (Phi) is 2.93. The Labute approximate surface area is 125 Å². The smallest absolute Gasteiger partial charge is 0.0333 e. The van der Waals surface area contributed by atoms with E-state index in [9.17, 15) is 0 Å². The predicted molar refractivity (Wildman–Crippen MR) is 86.1 cm³/mol. The van der Waals surface area contributed by atoms with Crippen molar-refractivity contribution < 1.29 is 0 Å². The van der Waals surface area contributed by atoms with Crippen LogP contribution in [0.2, 0.25) is 0 Å². The lowest BCUT2D eigenvalue weighted by atomic mass is 9.89. The van der Waals surface area contributed by atoms with Gasteiger partial charge in [0.05, 0.1) is 0 Å². The third-order valence-corrected chi connectivity index (χ3v) is 4.98. The number of fused-ring (bicyclic) bond motifs is 4. The number of halogens is 1. The summed E-state index contributed by atoms with van der Waals surface area (Å²) < 4.78 is 0. The predicted octanol–water partition coefficient (Wildman–Crippen LogP) is 5.27. The van der Waals surface area contributed by atoms with Crippen LogP contribution in [-0.4, -0.2) is 5.88 Å². The van der Waals surface area contributed by atoms with Crippen molar-refractivity contribution in [1.82, 2.24) is 0 Å². The standard InChI is InChI=1S/C19H17Cl/c20-12-18-16-10-4-3-9-15(16)17-11-5-7-13-6-1-2-8-14(13)19(17)18/h1-4,6,8-10,18H,5,7,11-12H2. The van der Waals surface area contributed by atoms with Crippen LogP contribution in [0.15, 0.2) is 48.5 Å². The molecule has 100 valence electrons. The maximum atomic E-state index is 6.34. The molecule has 0 radical (unpaired) electrons. The summed E-state index contributed by atoms with van der Waals surface area (Å²) in [7, 11) is 0. The molecule has 0 N–H and O–H groups in total. The first kappa shape index (κ1) is 12.2. The SMILES string of the molecule is ClCC1C2=C(CCCc3ccccc32)c2ccccc21. The third-order valence-electron chi connectivity index (χ3n) is 4.67. The van der Waals surface area contributed by atoms with Gasteiger partial charge in [0.2, 0.25) is 0 Å². The molecule has 2 aromatic carbocycles. The Bertz CT molecular complexity index is 696. The van der Waals surface area contributed by atoms with Crippen molar-refractivity contribution in [3.63, 3.8) is 0 Å². The van der Waals surface area contributed by atoms with E-state index in [1.807, 2.05) is 0 Å². The summed E-state index contributed by atoms with van der Waals surface area (Å²) in [6, 6.07) is 17.7. The molecule has 20 heavy (non-hydrogen) atoms. The molecular weight excluding hydrogens is 264 g/mol. The molecule has 1 heteroatoms. The van der Waals surface area contributed by atoms with E-state index in [2.05, 4.69) is 48.5 Å². The van der Waals surface area contributed by atoms with Gasteiger partial charge in [0, 0.05) is 11.8 Å². The molecule has 0 nitrogen and oxygen atoms in total. The van der Waals surface area contributed by atoms with Gasteiger partial charge in [-0.1, -0.05) is 48.5 Å². The van der Waals surface area contributed by atoms with Gasteiger partial charge in [0.15, 0.2) is 0 Å². The highest BCUT2D eigenvalue weighted by Gasteiger charge is 2.32. The number of benzene rings is 2. The lowest BCUT2D eigenvalue weighted by Crippen LogP contribution is -2.02. The Hall–Kier alpha value is -1.53. The van der Waals surface area contributed by atoms with Crippen LogP contribution in [0.5, 0.6) is 0 Å². The van der Waals surface area contributed by atoms with Crippen molar-refractivity contribution in [3.8, 4) is 0 Å². The number of hydrogen-bond acceptors (Lipinski definition) is 0.